The Hall–Kier alpha value is -1.91. The Morgan fingerprint density at radius 3 is 2.93 bits per heavy atom. The van der Waals surface area contributed by atoms with Crippen molar-refractivity contribution < 1.29 is 0 Å². The van der Waals surface area contributed by atoms with Gasteiger partial charge >= 0.3 is 0 Å². The maximum atomic E-state index is 11.5. The van der Waals surface area contributed by atoms with E-state index in [0.29, 0.717) is 11.4 Å². The van der Waals surface area contributed by atoms with Crippen molar-refractivity contribution in [3.8, 4) is 11.4 Å². The Balaban J connectivity index is 2.68. The van der Waals surface area contributed by atoms with Crippen LogP contribution in [-0.4, -0.2) is 19.7 Å². The SMILES string of the molecule is Cc1cc(-c2nccn2C)c(=O)[nH]n1. The molecule has 0 aliphatic heterocycles. The highest BCUT2D eigenvalue weighted by Crippen LogP contribution is 2.10. The van der Waals surface area contributed by atoms with Gasteiger partial charge in [0.15, 0.2) is 0 Å². The van der Waals surface area contributed by atoms with Crippen molar-refractivity contribution in [2.45, 2.75) is 6.92 Å². The van der Waals surface area contributed by atoms with E-state index in [-0.39, 0.29) is 5.56 Å². The maximum absolute atomic E-state index is 11.5. The van der Waals surface area contributed by atoms with E-state index in [4.69, 9.17) is 0 Å². The first-order chi connectivity index (χ1) is 6.68. The van der Waals surface area contributed by atoms with Crippen LogP contribution in [0.3, 0.4) is 0 Å². The Morgan fingerprint density at radius 1 is 1.50 bits per heavy atom. The minimum atomic E-state index is -0.218. The summed E-state index contributed by atoms with van der Waals surface area (Å²) in [6.07, 6.45) is 3.45. The molecule has 0 bridgehead atoms. The molecule has 5 nitrogen and oxygen atoms in total. The van der Waals surface area contributed by atoms with Gasteiger partial charge in [-0.25, -0.2) is 10.1 Å². The van der Waals surface area contributed by atoms with E-state index in [2.05, 4.69) is 15.2 Å². The van der Waals surface area contributed by atoms with Crippen LogP contribution in [-0.2, 0) is 7.05 Å². The molecule has 0 saturated carbocycles. The Morgan fingerprint density at radius 2 is 2.29 bits per heavy atom. The molecular weight excluding hydrogens is 180 g/mol. The van der Waals surface area contributed by atoms with Crippen molar-refractivity contribution in [2.24, 2.45) is 7.05 Å². The molecule has 0 amide bonds. The van der Waals surface area contributed by atoms with Crippen LogP contribution in [0.5, 0.6) is 0 Å². The fourth-order valence-corrected chi connectivity index (χ4v) is 1.30. The third-order valence-corrected chi connectivity index (χ3v) is 1.99. The molecule has 0 aliphatic rings. The molecule has 14 heavy (non-hydrogen) atoms. The zero-order valence-corrected chi connectivity index (χ0v) is 7.98. The number of nitrogens with zero attached hydrogens (tertiary/aromatic N) is 3. The molecule has 1 N–H and O–H groups in total. The molecule has 72 valence electrons. The summed E-state index contributed by atoms with van der Waals surface area (Å²) in [5, 5.41) is 6.23. The second kappa shape index (κ2) is 3.10. The summed E-state index contributed by atoms with van der Waals surface area (Å²) in [7, 11) is 1.84. The molecule has 0 saturated heterocycles. The number of imidazole rings is 1. The van der Waals surface area contributed by atoms with Crippen LogP contribution < -0.4 is 5.56 Å². The topological polar surface area (TPSA) is 63.6 Å². The first-order valence-electron chi connectivity index (χ1n) is 4.22. The number of H-pyrrole nitrogens is 1. The van der Waals surface area contributed by atoms with E-state index in [1.54, 1.807) is 23.0 Å². The van der Waals surface area contributed by atoms with E-state index in [1.807, 2.05) is 14.0 Å². The maximum Gasteiger partial charge on any atom is 0.275 e. The summed E-state index contributed by atoms with van der Waals surface area (Å²) in [5.41, 5.74) is 1.09. The molecule has 0 aromatic carbocycles. The van der Waals surface area contributed by atoms with Gasteiger partial charge in [-0.15, -0.1) is 0 Å². The molecule has 0 fully saturated rings. The minimum Gasteiger partial charge on any atom is -0.334 e. The van der Waals surface area contributed by atoms with Gasteiger partial charge in [-0.3, -0.25) is 4.79 Å². The second-order valence-corrected chi connectivity index (χ2v) is 3.11. The molecule has 2 aromatic rings. The average Bonchev–Trinajstić information content (AvgIpc) is 2.56. The zero-order valence-electron chi connectivity index (χ0n) is 7.98. The van der Waals surface area contributed by atoms with Gasteiger partial charge in [0.1, 0.15) is 5.82 Å². The van der Waals surface area contributed by atoms with Gasteiger partial charge in [0.05, 0.1) is 11.3 Å². The van der Waals surface area contributed by atoms with Crippen LogP contribution in [0.4, 0.5) is 0 Å². The highest BCUT2D eigenvalue weighted by atomic mass is 16.1. The fraction of sp³-hybridized carbons (Fsp3) is 0.222. The van der Waals surface area contributed by atoms with Gasteiger partial charge in [0.2, 0.25) is 0 Å². The van der Waals surface area contributed by atoms with E-state index in [0.717, 1.165) is 5.69 Å². The van der Waals surface area contributed by atoms with Crippen LogP contribution in [0.15, 0.2) is 23.3 Å². The van der Waals surface area contributed by atoms with Crippen LogP contribution in [0.25, 0.3) is 11.4 Å². The highest BCUT2D eigenvalue weighted by Gasteiger charge is 2.08. The van der Waals surface area contributed by atoms with Gasteiger partial charge in [-0.05, 0) is 13.0 Å². The molecule has 5 heteroatoms. The molecule has 0 unspecified atom stereocenters. The summed E-state index contributed by atoms with van der Waals surface area (Å²) in [6.45, 7) is 1.82. The van der Waals surface area contributed by atoms with Crippen LogP contribution >= 0.6 is 0 Å². The lowest BCUT2D eigenvalue weighted by Crippen LogP contribution is -2.13. The van der Waals surface area contributed by atoms with Crippen LogP contribution in [0, 0.1) is 6.92 Å². The largest absolute Gasteiger partial charge is 0.334 e. The lowest BCUT2D eigenvalue weighted by atomic mass is 10.2. The highest BCUT2D eigenvalue weighted by molar-refractivity contribution is 5.53. The number of rotatable bonds is 1. The summed E-state index contributed by atoms with van der Waals surface area (Å²) in [6, 6.07) is 1.72. The van der Waals surface area contributed by atoms with Crippen LogP contribution in [0.1, 0.15) is 5.69 Å². The van der Waals surface area contributed by atoms with Crippen molar-refractivity contribution in [3.63, 3.8) is 0 Å². The summed E-state index contributed by atoms with van der Waals surface area (Å²) in [4.78, 5) is 15.6. The van der Waals surface area contributed by atoms with Crippen LogP contribution in [0.2, 0.25) is 0 Å². The monoisotopic (exact) mass is 190 g/mol. The normalized spacial score (nSPS) is 10.4. The van der Waals surface area contributed by atoms with Gasteiger partial charge in [0.25, 0.3) is 5.56 Å². The molecule has 0 radical (unpaired) electrons. The lowest BCUT2D eigenvalue weighted by molar-refractivity contribution is 0.901. The Kier molecular flexibility index (Phi) is 1.92. The first kappa shape index (κ1) is 8.68. The van der Waals surface area contributed by atoms with Gasteiger partial charge in [0, 0.05) is 19.4 Å². The van der Waals surface area contributed by atoms with E-state index < -0.39 is 0 Å². The summed E-state index contributed by atoms with van der Waals surface area (Å²) < 4.78 is 1.80. The first-order valence-corrected chi connectivity index (χ1v) is 4.22. The number of hydrogen-bond acceptors (Lipinski definition) is 3. The van der Waals surface area contributed by atoms with E-state index >= 15 is 0 Å². The Labute approximate surface area is 80.4 Å². The number of aromatic amines is 1. The average molecular weight is 190 g/mol. The molecule has 2 heterocycles. The van der Waals surface area contributed by atoms with Crippen molar-refractivity contribution in [1.82, 2.24) is 19.7 Å². The summed E-state index contributed by atoms with van der Waals surface area (Å²) in [5.74, 6) is 0.650. The predicted molar refractivity (Wildman–Crippen MR) is 51.8 cm³/mol. The van der Waals surface area contributed by atoms with Crippen molar-refractivity contribution in [3.05, 3.63) is 34.5 Å². The number of aromatic nitrogens is 4. The fourth-order valence-electron chi connectivity index (χ4n) is 1.30. The molecule has 2 rings (SSSR count). The van der Waals surface area contributed by atoms with E-state index in [1.165, 1.54) is 0 Å². The third kappa shape index (κ3) is 1.32. The van der Waals surface area contributed by atoms with Crippen molar-refractivity contribution in [1.29, 1.82) is 0 Å². The van der Waals surface area contributed by atoms with Crippen molar-refractivity contribution >= 4 is 0 Å². The number of nitrogens with one attached hydrogen (secondary N) is 1. The Bertz CT molecular complexity index is 512. The molecule has 2 aromatic heterocycles. The summed E-state index contributed by atoms with van der Waals surface area (Å²) >= 11 is 0. The molecular formula is C9H10N4O. The molecule has 0 atom stereocenters. The molecule has 0 aliphatic carbocycles. The second-order valence-electron chi connectivity index (χ2n) is 3.11. The molecule has 0 spiro atoms. The van der Waals surface area contributed by atoms with Gasteiger partial charge in [-0.1, -0.05) is 0 Å². The number of hydrogen-bond donors (Lipinski definition) is 1. The smallest absolute Gasteiger partial charge is 0.275 e. The third-order valence-electron chi connectivity index (χ3n) is 1.99. The number of aryl methyl sites for hydroxylation is 2. The minimum absolute atomic E-state index is 0.218. The zero-order chi connectivity index (χ0) is 10.1. The quantitative estimate of drug-likeness (QED) is 0.711. The predicted octanol–water partition coefficient (Wildman–Crippen LogP) is 0.479. The lowest BCUT2D eigenvalue weighted by Gasteiger charge is -2.00. The van der Waals surface area contributed by atoms with Crippen molar-refractivity contribution in [2.75, 3.05) is 0 Å². The standard InChI is InChI=1S/C9H10N4O/c1-6-5-7(9(14)12-11-6)8-10-3-4-13(8)2/h3-5H,1-2H3,(H,12,14). The van der Waals surface area contributed by atoms with Gasteiger partial charge in [-0.2, -0.15) is 5.10 Å². The van der Waals surface area contributed by atoms with Gasteiger partial charge < -0.3 is 4.57 Å². The van der Waals surface area contributed by atoms with E-state index in [9.17, 15) is 4.79 Å².